The molecule has 5 heteroatoms. The van der Waals surface area contributed by atoms with Crippen LogP contribution in [-0.4, -0.2) is 37.9 Å². The summed E-state index contributed by atoms with van der Waals surface area (Å²) in [4.78, 5) is 25.4. The molecule has 366 valence electrons. The Balaban J connectivity index is 4.33. The molecule has 0 aromatic heterocycles. The Morgan fingerprint density at radius 2 is 0.703 bits per heavy atom. The minimum Gasteiger partial charge on any atom is -0.462 e. The Hall–Kier alpha value is -3.18. The van der Waals surface area contributed by atoms with Gasteiger partial charge in [-0.05, 0) is 116 Å². The molecule has 0 saturated heterocycles. The van der Waals surface area contributed by atoms with E-state index in [0.29, 0.717) is 19.4 Å². The van der Waals surface area contributed by atoms with Gasteiger partial charge in [-0.3, -0.25) is 9.59 Å². The zero-order valence-electron chi connectivity index (χ0n) is 42.0. The van der Waals surface area contributed by atoms with Crippen molar-refractivity contribution in [2.75, 3.05) is 19.8 Å². The van der Waals surface area contributed by atoms with Crippen molar-refractivity contribution in [3.05, 3.63) is 97.2 Å². The molecule has 0 aliphatic rings. The van der Waals surface area contributed by atoms with Crippen LogP contribution in [0.3, 0.4) is 0 Å². The zero-order chi connectivity index (χ0) is 46.3. The highest BCUT2D eigenvalue weighted by molar-refractivity contribution is 5.70. The molecule has 0 aromatic rings. The molecule has 0 radical (unpaired) electrons. The molecule has 0 saturated carbocycles. The van der Waals surface area contributed by atoms with Gasteiger partial charge in [0, 0.05) is 19.4 Å². The van der Waals surface area contributed by atoms with Crippen LogP contribution in [0.15, 0.2) is 97.2 Å². The molecule has 1 atom stereocenters. The monoisotopic (exact) mass is 889 g/mol. The van der Waals surface area contributed by atoms with E-state index in [1.165, 1.54) is 89.9 Å². The fourth-order valence-corrected chi connectivity index (χ4v) is 7.16. The Morgan fingerprint density at radius 1 is 0.359 bits per heavy atom. The smallest absolute Gasteiger partial charge is 0.306 e. The van der Waals surface area contributed by atoms with Gasteiger partial charge in [-0.25, -0.2) is 0 Å². The highest BCUT2D eigenvalue weighted by atomic mass is 16.6. The highest BCUT2D eigenvalue weighted by Gasteiger charge is 2.17. The molecule has 0 fully saturated rings. The molecule has 0 bridgehead atoms. The number of unbranched alkanes of at least 4 members (excludes halogenated alkanes) is 21. The summed E-state index contributed by atoms with van der Waals surface area (Å²) in [5.74, 6) is -0.440. The van der Waals surface area contributed by atoms with E-state index in [1.54, 1.807) is 0 Å². The van der Waals surface area contributed by atoms with Gasteiger partial charge in [0.05, 0.1) is 6.61 Å². The summed E-state index contributed by atoms with van der Waals surface area (Å²) in [6, 6.07) is 0. The fraction of sp³-hybridized carbons (Fsp3) is 0.695. The van der Waals surface area contributed by atoms with Gasteiger partial charge in [0.25, 0.3) is 0 Å². The average molecular weight is 889 g/mol. The molecule has 0 N–H and O–H groups in total. The minimum atomic E-state index is -0.560. The van der Waals surface area contributed by atoms with Gasteiger partial charge in [0.1, 0.15) is 6.61 Å². The first-order valence-corrected chi connectivity index (χ1v) is 26.8. The SMILES string of the molecule is CC/C=C\C/C=C\C/C=C\C/C=C\CCCCCCC(=O)OCC(COCCCCCCCCCC/C=C\C/C=C\C/C=C\CC)OC(=O)CCCCCCC/C=C\CCCCCC. The molecular formula is C59H100O5. The number of allylic oxidation sites excluding steroid dienone is 16. The maximum absolute atomic E-state index is 12.8. The Morgan fingerprint density at radius 3 is 1.14 bits per heavy atom. The lowest BCUT2D eigenvalue weighted by Crippen LogP contribution is -2.30. The normalized spacial score (nSPS) is 13.0. The number of rotatable bonds is 48. The largest absolute Gasteiger partial charge is 0.462 e. The number of hydrogen-bond acceptors (Lipinski definition) is 5. The molecule has 0 spiro atoms. The topological polar surface area (TPSA) is 61.8 Å². The van der Waals surface area contributed by atoms with Crippen molar-refractivity contribution >= 4 is 11.9 Å². The third-order valence-electron chi connectivity index (χ3n) is 11.1. The number of hydrogen-bond donors (Lipinski definition) is 0. The van der Waals surface area contributed by atoms with Gasteiger partial charge < -0.3 is 14.2 Å². The molecule has 0 heterocycles. The Bertz CT molecular complexity index is 1230. The van der Waals surface area contributed by atoms with Crippen molar-refractivity contribution in [3.8, 4) is 0 Å². The summed E-state index contributed by atoms with van der Waals surface area (Å²) in [7, 11) is 0. The highest BCUT2D eigenvalue weighted by Crippen LogP contribution is 2.13. The van der Waals surface area contributed by atoms with E-state index in [2.05, 4.69) is 118 Å². The maximum Gasteiger partial charge on any atom is 0.306 e. The lowest BCUT2D eigenvalue weighted by molar-refractivity contribution is -0.163. The summed E-state index contributed by atoms with van der Waals surface area (Å²) < 4.78 is 17.4. The van der Waals surface area contributed by atoms with Gasteiger partial charge in [0.15, 0.2) is 6.10 Å². The maximum atomic E-state index is 12.8. The van der Waals surface area contributed by atoms with Crippen molar-refractivity contribution < 1.29 is 23.8 Å². The van der Waals surface area contributed by atoms with Crippen molar-refractivity contribution in [2.24, 2.45) is 0 Å². The van der Waals surface area contributed by atoms with Crippen LogP contribution in [0.1, 0.15) is 239 Å². The molecule has 0 rings (SSSR count). The second-order valence-corrected chi connectivity index (χ2v) is 17.4. The van der Waals surface area contributed by atoms with E-state index in [4.69, 9.17) is 14.2 Å². The third kappa shape index (κ3) is 51.5. The molecular weight excluding hydrogens is 789 g/mol. The van der Waals surface area contributed by atoms with Crippen LogP contribution in [0, 0.1) is 0 Å². The molecule has 0 aliphatic carbocycles. The Labute approximate surface area is 396 Å². The third-order valence-corrected chi connectivity index (χ3v) is 11.1. The molecule has 64 heavy (non-hydrogen) atoms. The lowest BCUT2D eigenvalue weighted by atomic mass is 10.1. The van der Waals surface area contributed by atoms with Gasteiger partial charge in [-0.1, -0.05) is 208 Å². The summed E-state index contributed by atoms with van der Waals surface area (Å²) in [5.41, 5.74) is 0. The van der Waals surface area contributed by atoms with Crippen molar-refractivity contribution in [1.29, 1.82) is 0 Å². The van der Waals surface area contributed by atoms with Crippen LogP contribution in [0.2, 0.25) is 0 Å². The summed E-state index contributed by atoms with van der Waals surface area (Å²) >= 11 is 0. The number of ether oxygens (including phenoxy) is 3. The number of carbonyl (C=O) groups is 2. The minimum absolute atomic E-state index is 0.0618. The molecule has 5 nitrogen and oxygen atoms in total. The van der Waals surface area contributed by atoms with Gasteiger partial charge in [0.2, 0.25) is 0 Å². The number of esters is 2. The summed E-state index contributed by atoms with van der Waals surface area (Å²) in [6.45, 7) is 7.54. The van der Waals surface area contributed by atoms with Crippen molar-refractivity contribution in [1.82, 2.24) is 0 Å². The first kappa shape index (κ1) is 60.8. The second kappa shape index (κ2) is 54.2. The van der Waals surface area contributed by atoms with Crippen LogP contribution in [-0.2, 0) is 23.8 Å². The summed E-state index contributed by atoms with van der Waals surface area (Å²) in [6.07, 6.45) is 72.7. The predicted molar refractivity (Wildman–Crippen MR) is 279 cm³/mol. The second-order valence-electron chi connectivity index (χ2n) is 17.4. The van der Waals surface area contributed by atoms with Crippen LogP contribution in [0.5, 0.6) is 0 Å². The molecule has 1 unspecified atom stereocenters. The van der Waals surface area contributed by atoms with E-state index in [-0.39, 0.29) is 25.2 Å². The van der Waals surface area contributed by atoms with Crippen LogP contribution in [0.4, 0.5) is 0 Å². The van der Waals surface area contributed by atoms with E-state index >= 15 is 0 Å². The number of carbonyl (C=O) groups excluding carboxylic acids is 2. The molecule has 0 aliphatic heterocycles. The van der Waals surface area contributed by atoms with E-state index in [0.717, 1.165) is 116 Å². The van der Waals surface area contributed by atoms with Gasteiger partial charge >= 0.3 is 11.9 Å². The first-order valence-electron chi connectivity index (χ1n) is 26.8. The zero-order valence-corrected chi connectivity index (χ0v) is 42.0. The summed E-state index contributed by atoms with van der Waals surface area (Å²) in [5, 5.41) is 0. The van der Waals surface area contributed by atoms with Crippen molar-refractivity contribution in [3.63, 3.8) is 0 Å². The van der Waals surface area contributed by atoms with Gasteiger partial charge in [-0.2, -0.15) is 0 Å². The fourth-order valence-electron chi connectivity index (χ4n) is 7.16. The van der Waals surface area contributed by atoms with E-state index in [9.17, 15) is 9.59 Å². The first-order chi connectivity index (χ1) is 31.6. The quantitative estimate of drug-likeness (QED) is 0.0346. The molecule has 0 aromatic carbocycles. The van der Waals surface area contributed by atoms with E-state index < -0.39 is 6.10 Å². The van der Waals surface area contributed by atoms with Crippen LogP contribution < -0.4 is 0 Å². The standard InChI is InChI=1S/C59H100O5/c1-4-7-10-13-16-19-22-25-27-29-31-33-36-39-42-45-48-51-54-62-55-57(64-59(61)53-50-47-44-41-38-34-24-21-18-15-12-9-6-3)56-63-58(60)52-49-46-43-40-37-35-32-30-28-26-23-20-17-14-11-8-5-2/h7-8,10-11,16-17,19-21,24-28,32,35,57H,4-6,9,12-15,18,22-23,29-31,33-34,36-56H2,1-3H3/b10-7-,11-8-,19-16-,20-17-,24-21-,27-25-,28-26-,35-32-. The van der Waals surface area contributed by atoms with Gasteiger partial charge in [-0.15, -0.1) is 0 Å². The van der Waals surface area contributed by atoms with Crippen molar-refractivity contribution in [2.45, 2.75) is 245 Å². The average Bonchev–Trinajstić information content (AvgIpc) is 3.30. The lowest BCUT2D eigenvalue weighted by Gasteiger charge is -2.18. The van der Waals surface area contributed by atoms with Crippen LogP contribution in [0.25, 0.3) is 0 Å². The Kier molecular flexibility index (Phi) is 51.5. The molecule has 0 amide bonds. The van der Waals surface area contributed by atoms with Crippen LogP contribution >= 0.6 is 0 Å². The predicted octanol–water partition coefficient (Wildman–Crippen LogP) is 18.2. The van der Waals surface area contributed by atoms with E-state index in [1.807, 2.05) is 0 Å².